The lowest BCUT2D eigenvalue weighted by Crippen LogP contribution is -2.34. The Morgan fingerprint density at radius 1 is 1.12 bits per heavy atom. The number of aliphatic carboxylic acids is 1. The van der Waals surface area contributed by atoms with E-state index in [-0.39, 0.29) is 0 Å². The summed E-state index contributed by atoms with van der Waals surface area (Å²) in [6.45, 7) is 5.17. The molecule has 7 nitrogen and oxygen atoms in total. The fourth-order valence-electron chi connectivity index (χ4n) is 2.66. The lowest BCUT2D eigenvalue weighted by molar-refractivity contribution is -0.139. The van der Waals surface area contributed by atoms with Crippen molar-refractivity contribution in [2.45, 2.75) is 26.8 Å². The molecule has 0 fully saturated rings. The fraction of sp³-hybridized carbons (Fsp3) is 0.333. The third-order valence-electron chi connectivity index (χ3n) is 4.06. The number of methoxy groups -OCH3 is 2. The van der Waals surface area contributed by atoms with Gasteiger partial charge in [0.15, 0.2) is 6.04 Å². The quantitative estimate of drug-likeness (QED) is 0.834. The summed E-state index contributed by atoms with van der Waals surface area (Å²) in [5, 5.41) is 12.1. The van der Waals surface area contributed by atoms with Gasteiger partial charge in [0.05, 0.1) is 19.8 Å². The molecule has 134 valence electrons. The first-order chi connectivity index (χ1) is 11.8. The standard InChI is InChI=1S/C18H21NO6/c1-9-10(2)25-11(3)15(9)17(20)19-16(18(21)22)13-7-6-12(23-4)8-14(13)24-5/h6-8,16H,1-5H3,(H,19,20)(H,21,22). The van der Waals surface area contributed by atoms with E-state index in [4.69, 9.17) is 13.9 Å². The van der Waals surface area contributed by atoms with Crippen molar-refractivity contribution in [2.75, 3.05) is 14.2 Å². The number of furan rings is 1. The minimum absolute atomic E-state index is 0.309. The normalized spacial score (nSPS) is 11.7. The van der Waals surface area contributed by atoms with Crippen molar-refractivity contribution >= 4 is 11.9 Å². The average Bonchev–Trinajstić information content (AvgIpc) is 2.84. The highest BCUT2D eigenvalue weighted by Gasteiger charge is 2.28. The Kier molecular flexibility index (Phi) is 5.36. The van der Waals surface area contributed by atoms with Crippen molar-refractivity contribution in [3.8, 4) is 11.5 Å². The van der Waals surface area contributed by atoms with E-state index >= 15 is 0 Å². The number of hydrogen-bond acceptors (Lipinski definition) is 5. The van der Waals surface area contributed by atoms with E-state index in [1.165, 1.54) is 14.2 Å². The first-order valence-corrected chi connectivity index (χ1v) is 7.62. The average molecular weight is 347 g/mol. The number of rotatable bonds is 6. The number of hydrogen-bond donors (Lipinski definition) is 2. The molecule has 0 saturated heterocycles. The molecule has 25 heavy (non-hydrogen) atoms. The zero-order valence-corrected chi connectivity index (χ0v) is 14.8. The SMILES string of the molecule is COc1ccc(C(NC(=O)c2c(C)oc(C)c2C)C(=O)O)c(OC)c1. The van der Waals surface area contributed by atoms with Crippen LogP contribution in [0.1, 0.15) is 39.0 Å². The van der Waals surface area contributed by atoms with Crippen molar-refractivity contribution in [1.29, 1.82) is 0 Å². The molecule has 1 aromatic carbocycles. The molecule has 1 unspecified atom stereocenters. The highest BCUT2D eigenvalue weighted by atomic mass is 16.5. The van der Waals surface area contributed by atoms with Crippen LogP contribution in [0.5, 0.6) is 11.5 Å². The van der Waals surface area contributed by atoms with Gasteiger partial charge in [0.2, 0.25) is 0 Å². The third-order valence-corrected chi connectivity index (χ3v) is 4.06. The molecule has 7 heteroatoms. The maximum Gasteiger partial charge on any atom is 0.331 e. The molecular formula is C18H21NO6. The summed E-state index contributed by atoms with van der Waals surface area (Å²) in [6.07, 6.45) is 0. The van der Waals surface area contributed by atoms with Gasteiger partial charge in [-0.15, -0.1) is 0 Å². The summed E-state index contributed by atoms with van der Waals surface area (Å²) < 4.78 is 15.8. The van der Waals surface area contributed by atoms with E-state index in [2.05, 4.69) is 5.32 Å². The van der Waals surface area contributed by atoms with Crippen molar-refractivity contribution in [2.24, 2.45) is 0 Å². The molecule has 1 atom stereocenters. The monoisotopic (exact) mass is 347 g/mol. The number of carbonyl (C=O) groups is 2. The Morgan fingerprint density at radius 3 is 2.28 bits per heavy atom. The Labute approximate surface area is 145 Å². The number of amides is 1. The maximum absolute atomic E-state index is 12.6. The van der Waals surface area contributed by atoms with Crippen molar-refractivity contribution < 1.29 is 28.6 Å². The van der Waals surface area contributed by atoms with E-state index in [0.717, 1.165) is 0 Å². The minimum atomic E-state index is -1.28. The molecule has 1 heterocycles. The molecule has 0 aliphatic carbocycles. The molecule has 2 aromatic rings. The van der Waals surface area contributed by atoms with Gasteiger partial charge < -0.3 is 24.3 Å². The third kappa shape index (κ3) is 3.60. The molecule has 2 rings (SSSR count). The van der Waals surface area contributed by atoms with Gasteiger partial charge in [-0.2, -0.15) is 0 Å². The number of nitrogens with one attached hydrogen (secondary N) is 1. The van der Waals surface area contributed by atoms with Crippen LogP contribution in [0.25, 0.3) is 0 Å². The van der Waals surface area contributed by atoms with Gasteiger partial charge in [-0.3, -0.25) is 4.79 Å². The largest absolute Gasteiger partial charge is 0.497 e. The van der Waals surface area contributed by atoms with E-state index in [1.54, 1.807) is 39.0 Å². The molecule has 0 radical (unpaired) electrons. The Bertz CT molecular complexity index is 808. The zero-order chi connectivity index (χ0) is 18.7. The Hall–Kier alpha value is -2.96. The van der Waals surface area contributed by atoms with Crippen LogP contribution < -0.4 is 14.8 Å². The second-order valence-corrected chi connectivity index (χ2v) is 5.57. The number of aryl methyl sites for hydroxylation is 2. The van der Waals surface area contributed by atoms with Crippen LogP contribution in [0.15, 0.2) is 22.6 Å². The fourth-order valence-corrected chi connectivity index (χ4v) is 2.66. The topological polar surface area (TPSA) is 98.0 Å². The molecule has 0 aliphatic rings. The van der Waals surface area contributed by atoms with Crippen LogP contribution in [-0.4, -0.2) is 31.2 Å². The predicted octanol–water partition coefficient (Wildman–Crippen LogP) is 2.78. The molecule has 0 bridgehead atoms. The van der Waals surface area contributed by atoms with Crippen LogP contribution in [0.3, 0.4) is 0 Å². The number of carbonyl (C=O) groups excluding carboxylic acids is 1. The first-order valence-electron chi connectivity index (χ1n) is 7.62. The van der Waals surface area contributed by atoms with Crippen LogP contribution in [0.4, 0.5) is 0 Å². The van der Waals surface area contributed by atoms with E-state index in [1.807, 2.05) is 0 Å². The number of carboxylic acids is 1. The number of carboxylic acid groups (broad SMARTS) is 1. The van der Waals surface area contributed by atoms with Crippen molar-refractivity contribution in [1.82, 2.24) is 5.32 Å². The summed E-state index contributed by atoms with van der Waals surface area (Å²) in [5.74, 6) is 0.177. The van der Waals surface area contributed by atoms with E-state index in [9.17, 15) is 14.7 Å². The lowest BCUT2D eigenvalue weighted by Gasteiger charge is -2.18. The highest BCUT2D eigenvalue weighted by Crippen LogP contribution is 2.30. The van der Waals surface area contributed by atoms with Gasteiger partial charge in [-0.1, -0.05) is 0 Å². The maximum atomic E-state index is 12.6. The zero-order valence-electron chi connectivity index (χ0n) is 14.8. The second-order valence-electron chi connectivity index (χ2n) is 5.57. The van der Waals surface area contributed by atoms with Gasteiger partial charge in [0.25, 0.3) is 5.91 Å². The summed E-state index contributed by atoms with van der Waals surface area (Å²) in [7, 11) is 2.92. The van der Waals surface area contributed by atoms with Gasteiger partial charge in [0, 0.05) is 17.2 Å². The predicted molar refractivity (Wildman–Crippen MR) is 90.3 cm³/mol. The molecule has 0 aliphatic heterocycles. The number of ether oxygens (including phenoxy) is 2. The Balaban J connectivity index is 2.40. The first kappa shape index (κ1) is 18.4. The van der Waals surface area contributed by atoms with E-state index < -0.39 is 17.9 Å². The molecule has 2 N–H and O–H groups in total. The Morgan fingerprint density at radius 2 is 1.80 bits per heavy atom. The number of benzene rings is 1. The van der Waals surface area contributed by atoms with Gasteiger partial charge in [0.1, 0.15) is 23.0 Å². The smallest absolute Gasteiger partial charge is 0.331 e. The molecule has 1 amide bonds. The van der Waals surface area contributed by atoms with Crippen LogP contribution in [0, 0.1) is 20.8 Å². The summed E-state index contributed by atoms with van der Waals surface area (Å²) >= 11 is 0. The second kappa shape index (κ2) is 7.29. The van der Waals surface area contributed by atoms with Crippen LogP contribution >= 0.6 is 0 Å². The molecule has 1 aromatic heterocycles. The molecule has 0 saturated carbocycles. The minimum Gasteiger partial charge on any atom is -0.497 e. The lowest BCUT2D eigenvalue weighted by atomic mass is 10.0. The van der Waals surface area contributed by atoms with Gasteiger partial charge in [-0.05, 0) is 32.9 Å². The summed E-state index contributed by atoms with van der Waals surface area (Å²) in [5.41, 5.74) is 1.34. The van der Waals surface area contributed by atoms with Crippen molar-refractivity contribution in [3.05, 3.63) is 46.4 Å². The molecule has 0 spiro atoms. The van der Waals surface area contributed by atoms with Crippen LogP contribution in [0.2, 0.25) is 0 Å². The van der Waals surface area contributed by atoms with Gasteiger partial charge in [-0.25, -0.2) is 4.79 Å². The van der Waals surface area contributed by atoms with Crippen molar-refractivity contribution in [3.63, 3.8) is 0 Å². The van der Waals surface area contributed by atoms with E-state index in [0.29, 0.717) is 39.7 Å². The van der Waals surface area contributed by atoms with Gasteiger partial charge >= 0.3 is 5.97 Å². The molecular weight excluding hydrogens is 326 g/mol. The summed E-state index contributed by atoms with van der Waals surface area (Å²) in [4.78, 5) is 24.4. The highest BCUT2D eigenvalue weighted by molar-refractivity contribution is 5.99. The summed E-state index contributed by atoms with van der Waals surface area (Å²) in [6, 6.07) is 3.45. The van der Waals surface area contributed by atoms with Crippen LogP contribution in [-0.2, 0) is 4.79 Å².